The Hall–Kier alpha value is -6.14. The van der Waals surface area contributed by atoms with Gasteiger partial charge in [-0.05, 0) is 71.5 Å². The minimum atomic E-state index is -4.87. The second-order valence-corrected chi connectivity index (χ2v) is 14.3. The third-order valence-electron chi connectivity index (χ3n) is 8.04. The lowest BCUT2D eigenvalue weighted by Crippen LogP contribution is -2.15. The molecule has 6 rings (SSSR count). The molecule has 6 aromatic rings. The first-order valence-corrected chi connectivity index (χ1v) is 18.1. The zero-order chi connectivity index (χ0) is 37.2. The number of amides is 2. The van der Waals surface area contributed by atoms with Crippen LogP contribution in [0, 0.1) is 13.8 Å². The van der Waals surface area contributed by atoms with E-state index in [0.717, 1.165) is 47.0 Å². The van der Waals surface area contributed by atoms with Crippen LogP contribution in [0.25, 0.3) is 11.1 Å². The first kappa shape index (κ1) is 35.7. The van der Waals surface area contributed by atoms with Crippen molar-refractivity contribution in [3.05, 3.63) is 131 Å². The van der Waals surface area contributed by atoms with Crippen molar-refractivity contribution in [1.29, 1.82) is 0 Å². The number of carbonyl (C=O) groups excluding carboxylic acids is 2. The van der Waals surface area contributed by atoms with Gasteiger partial charge in [-0.1, -0.05) is 36.4 Å². The summed E-state index contributed by atoms with van der Waals surface area (Å²) in [6, 6.07) is 17.2. The van der Waals surface area contributed by atoms with Gasteiger partial charge in [0.15, 0.2) is 0 Å². The Kier molecular flexibility index (Phi) is 9.77. The molecule has 52 heavy (non-hydrogen) atoms. The van der Waals surface area contributed by atoms with Crippen LogP contribution in [0.2, 0.25) is 0 Å². The lowest BCUT2D eigenvalue weighted by molar-refractivity contribution is 0.101. The maximum atomic E-state index is 13.2. The van der Waals surface area contributed by atoms with Crippen LogP contribution in [0.15, 0.2) is 108 Å². The van der Waals surface area contributed by atoms with E-state index in [-0.39, 0.29) is 24.5 Å². The van der Waals surface area contributed by atoms with E-state index in [1.165, 1.54) is 33.9 Å². The molecule has 14 nitrogen and oxygen atoms in total. The summed E-state index contributed by atoms with van der Waals surface area (Å²) < 4.78 is 73.1. The van der Waals surface area contributed by atoms with Crippen molar-refractivity contribution >= 4 is 43.6 Å². The summed E-state index contributed by atoms with van der Waals surface area (Å²) in [6.07, 6.45) is 6.83. The van der Waals surface area contributed by atoms with Gasteiger partial charge in [0.25, 0.3) is 11.8 Å². The topological polar surface area (TPSA) is 188 Å². The van der Waals surface area contributed by atoms with Crippen molar-refractivity contribution in [3.63, 3.8) is 0 Å². The molecule has 0 unspecified atom stereocenters. The van der Waals surface area contributed by atoms with Crippen molar-refractivity contribution in [2.24, 2.45) is 0 Å². The maximum absolute atomic E-state index is 13.2. The van der Waals surface area contributed by atoms with E-state index in [1.807, 2.05) is 26.0 Å². The molecule has 0 aliphatic rings. The van der Waals surface area contributed by atoms with E-state index in [1.54, 1.807) is 36.4 Å². The highest BCUT2D eigenvalue weighted by atomic mass is 32.3. The molecule has 266 valence electrons. The van der Waals surface area contributed by atoms with Crippen LogP contribution >= 0.6 is 0 Å². The molecule has 0 aliphatic heterocycles. The zero-order valence-electron chi connectivity index (χ0n) is 27.4. The Morgan fingerprint density at radius 2 is 1.02 bits per heavy atom. The monoisotopic (exact) mass is 746 g/mol. The third kappa shape index (κ3) is 8.08. The van der Waals surface area contributed by atoms with Crippen LogP contribution in [0.1, 0.15) is 43.2 Å². The fraction of sp³-hybridized carbons (Fsp3) is 0.118. The lowest BCUT2D eigenvalue weighted by atomic mass is 9.94. The number of halogens is 2. The molecule has 2 aromatic carbocycles. The Morgan fingerprint density at radius 1 is 0.615 bits per heavy atom. The molecule has 2 N–H and O–H groups in total. The molecule has 0 saturated carbocycles. The van der Waals surface area contributed by atoms with Gasteiger partial charge in [0.1, 0.15) is 21.2 Å². The van der Waals surface area contributed by atoms with E-state index in [2.05, 4.69) is 30.8 Å². The number of nitrogens with one attached hydrogen (secondary N) is 2. The summed E-state index contributed by atoms with van der Waals surface area (Å²) in [6.45, 7) is 3.94. The number of nitrogens with zero attached hydrogens (tertiary/aromatic N) is 6. The van der Waals surface area contributed by atoms with Crippen molar-refractivity contribution in [1.82, 2.24) is 29.5 Å². The van der Waals surface area contributed by atoms with Gasteiger partial charge in [-0.3, -0.25) is 28.9 Å². The van der Waals surface area contributed by atoms with Gasteiger partial charge >= 0.3 is 20.4 Å². The lowest BCUT2D eigenvalue weighted by Gasteiger charge is -2.17. The van der Waals surface area contributed by atoms with Crippen molar-refractivity contribution in [2.75, 3.05) is 10.6 Å². The molecule has 0 spiro atoms. The van der Waals surface area contributed by atoms with Crippen LogP contribution in [0.4, 0.5) is 19.1 Å². The SMILES string of the molecule is Cc1c(NC(=O)c2ccc(Cn3cc(S(=O)(=O)F)cn3)cn2)cccc1-c1cccc(NC(=O)c2ccc(Cn3cc(S(=O)(=O)F)cn3)cn2)c1C. The minimum Gasteiger partial charge on any atom is -0.320 e. The number of hydrogen-bond acceptors (Lipinski definition) is 10. The first-order chi connectivity index (χ1) is 24.7. The second kappa shape index (κ2) is 14.2. The average molecular weight is 747 g/mol. The smallest absolute Gasteiger partial charge is 0.320 e. The van der Waals surface area contributed by atoms with Crippen LogP contribution in [0.3, 0.4) is 0 Å². The maximum Gasteiger partial charge on any atom is 0.335 e. The first-order valence-electron chi connectivity index (χ1n) is 15.3. The number of hydrogen-bond donors (Lipinski definition) is 2. The van der Waals surface area contributed by atoms with E-state index in [4.69, 9.17) is 0 Å². The summed E-state index contributed by atoms with van der Waals surface area (Å²) in [7, 11) is -9.74. The van der Waals surface area contributed by atoms with Crippen LogP contribution in [0.5, 0.6) is 0 Å². The molecule has 0 radical (unpaired) electrons. The molecule has 0 bridgehead atoms. The highest BCUT2D eigenvalue weighted by Gasteiger charge is 2.18. The average Bonchev–Trinajstić information content (AvgIpc) is 3.78. The van der Waals surface area contributed by atoms with E-state index < -0.39 is 42.1 Å². The van der Waals surface area contributed by atoms with Crippen LogP contribution in [-0.2, 0) is 33.5 Å². The normalized spacial score (nSPS) is 11.7. The van der Waals surface area contributed by atoms with Crippen LogP contribution < -0.4 is 10.6 Å². The van der Waals surface area contributed by atoms with Gasteiger partial charge in [0.05, 0.1) is 25.5 Å². The largest absolute Gasteiger partial charge is 0.335 e. The summed E-state index contributed by atoms with van der Waals surface area (Å²) in [4.78, 5) is 33.6. The molecule has 0 atom stereocenters. The van der Waals surface area contributed by atoms with E-state index >= 15 is 0 Å². The van der Waals surface area contributed by atoms with Gasteiger partial charge in [-0.15, -0.1) is 7.77 Å². The molecule has 0 saturated heterocycles. The Bertz CT molecular complexity index is 2360. The Morgan fingerprint density at radius 3 is 1.35 bits per heavy atom. The number of benzene rings is 2. The molecule has 0 aliphatic carbocycles. The van der Waals surface area contributed by atoms with Crippen molar-refractivity contribution in [3.8, 4) is 11.1 Å². The molecule has 2 amide bonds. The second-order valence-electron chi connectivity index (χ2n) is 11.6. The summed E-state index contributed by atoms with van der Waals surface area (Å²) in [5, 5.41) is 13.4. The number of rotatable bonds is 11. The zero-order valence-corrected chi connectivity index (χ0v) is 29.0. The van der Waals surface area contributed by atoms with E-state index in [0.29, 0.717) is 22.5 Å². The van der Waals surface area contributed by atoms with Crippen LogP contribution in [-0.4, -0.2) is 58.2 Å². The molecule has 4 aromatic heterocycles. The number of aromatic nitrogens is 6. The highest BCUT2D eigenvalue weighted by molar-refractivity contribution is 7.86. The molecule has 4 heterocycles. The molecular formula is C34H28F2N8O6S2. The van der Waals surface area contributed by atoms with Gasteiger partial charge in [-0.2, -0.15) is 27.0 Å². The number of pyridine rings is 2. The Balaban J connectivity index is 1.12. The standard InChI is InChI=1S/C34H28F2N8O6S2/c1-21-27(5-3-7-29(21)41-33(45)31-11-9-23(13-37-31)17-43-19-25(15-39-43)51(35,47)48)28-6-4-8-30(22(28)2)42-34(46)32-12-10-24(14-38-32)18-44-20-26(16-40-44)52(36,49)50/h3-16,19-20H,17-18H2,1-2H3,(H,41,45)(H,42,46). The molecular weight excluding hydrogens is 719 g/mol. The summed E-state index contributed by atoms with van der Waals surface area (Å²) in [5.41, 5.74) is 5.72. The predicted molar refractivity (Wildman–Crippen MR) is 185 cm³/mol. The number of carbonyl (C=O) groups is 2. The fourth-order valence-corrected chi connectivity index (χ4v) is 6.13. The fourth-order valence-electron chi connectivity index (χ4n) is 5.29. The summed E-state index contributed by atoms with van der Waals surface area (Å²) >= 11 is 0. The minimum absolute atomic E-state index is 0.113. The third-order valence-corrected chi connectivity index (χ3v) is 9.59. The number of anilines is 2. The van der Waals surface area contributed by atoms with Crippen molar-refractivity contribution in [2.45, 2.75) is 36.7 Å². The van der Waals surface area contributed by atoms with Crippen molar-refractivity contribution < 1.29 is 34.2 Å². The highest BCUT2D eigenvalue weighted by Crippen LogP contribution is 2.34. The molecule has 0 fully saturated rings. The predicted octanol–water partition coefficient (Wildman–Crippen LogP) is 5.07. The van der Waals surface area contributed by atoms with Gasteiger partial charge < -0.3 is 10.6 Å². The van der Waals surface area contributed by atoms with Gasteiger partial charge in [0, 0.05) is 36.2 Å². The quantitative estimate of drug-likeness (QED) is 0.170. The van der Waals surface area contributed by atoms with Gasteiger partial charge in [-0.25, -0.2) is 0 Å². The summed E-state index contributed by atoms with van der Waals surface area (Å²) in [5.74, 6) is -0.926. The van der Waals surface area contributed by atoms with E-state index in [9.17, 15) is 34.2 Å². The molecule has 18 heteroatoms. The Labute approximate surface area is 296 Å². The van der Waals surface area contributed by atoms with Gasteiger partial charge in [0.2, 0.25) is 0 Å².